The minimum absolute atomic E-state index is 0.486. The standard InChI is InChI=1S/C13H21NO2.C4H4O4/c1-4-15-12-7-5-6-8-13(12)16-10-11(2)9-14-3;5-3(6)1-2-4(7)8/h5-8,11,14H,4,9-10H2,1-3H3;1-2H,(H,5,6)(H,7,8)/b;2-1+. The van der Waals surface area contributed by atoms with Gasteiger partial charge in [-0.25, -0.2) is 9.59 Å². The number of benzene rings is 1. The number of nitrogens with one attached hydrogen (secondary N) is 1. The summed E-state index contributed by atoms with van der Waals surface area (Å²) in [5, 5.41) is 18.8. The van der Waals surface area contributed by atoms with Crippen LogP contribution in [-0.2, 0) is 9.59 Å². The quantitative estimate of drug-likeness (QED) is 0.591. The Morgan fingerprint density at radius 1 is 1.12 bits per heavy atom. The Morgan fingerprint density at radius 3 is 2.04 bits per heavy atom. The lowest BCUT2D eigenvalue weighted by molar-refractivity contribution is -0.134. The van der Waals surface area contributed by atoms with Crippen LogP contribution in [0.1, 0.15) is 13.8 Å². The van der Waals surface area contributed by atoms with Crippen LogP contribution in [-0.4, -0.2) is 49.0 Å². The molecule has 0 amide bonds. The van der Waals surface area contributed by atoms with Gasteiger partial charge in [0.05, 0.1) is 13.2 Å². The van der Waals surface area contributed by atoms with Gasteiger partial charge in [0.2, 0.25) is 0 Å². The maximum atomic E-state index is 9.55. The highest BCUT2D eigenvalue weighted by molar-refractivity contribution is 5.89. The van der Waals surface area contributed by atoms with E-state index in [2.05, 4.69) is 12.2 Å². The Kier molecular flexibility index (Phi) is 11.6. The molecule has 1 aromatic carbocycles. The number of para-hydroxylation sites is 2. The van der Waals surface area contributed by atoms with E-state index < -0.39 is 11.9 Å². The first-order valence-corrected chi connectivity index (χ1v) is 7.53. The molecule has 0 spiro atoms. The molecular weight excluding hydrogens is 314 g/mol. The van der Waals surface area contributed by atoms with Crippen molar-refractivity contribution in [2.75, 3.05) is 26.8 Å². The summed E-state index contributed by atoms with van der Waals surface area (Å²) < 4.78 is 11.2. The monoisotopic (exact) mass is 339 g/mol. The van der Waals surface area contributed by atoms with Gasteiger partial charge in [0.15, 0.2) is 11.5 Å². The third-order valence-electron chi connectivity index (χ3n) is 2.59. The van der Waals surface area contributed by atoms with E-state index >= 15 is 0 Å². The van der Waals surface area contributed by atoms with Crippen molar-refractivity contribution < 1.29 is 29.3 Å². The molecule has 134 valence electrons. The van der Waals surface area contributed by atoms with Gasteiger partial charge in [-0.05, 0) is 26.1 Å². The van der Waals surface area contributed by atoms with E-state index in [1.807, 2.05) is 38.2 Å². The first kappa shape index (κ1) is 21.5. The lowest BCUT2D eigenvalue weighted by Gasteiger charge is -2.15. The predicted molar refractivity (Wildman–Crippen MR) is 90.6 cm³/mol. The zero-order chi connectivity index (χ0) is 18.4. The molecule has 0 aliphatic carbocycles. The molecule has 0 saturated carbocycles. The molecule has 3 N–H and O–H groups in total. The average molecular weight is 339 g/mol. The zero-order valence-corrected chi connectivity index (χ0v) is 14.2. The second-order valence-electron chi connectivity index (χ2n) is 4.86. The molecule has 1 rings (SSSR count). The summed E-state index contributed by atoms with van der Waals surface area (Å²) in [5.74, 6) is -0.381. The van der Waals surface area contributed by atoms with Crippen molar-refractivity contribution in [1.29, 1.82) is 0 Å². The Morgan fingerprint density at radius 2 is 1.62 bits per heavy atom. The highest BCUT2D eigenvalue weighted by Gasteiger charge is 2.06. The number of aliphatic carboxylic acids is 2. The van der Waals surface area contributed by atoms with Crippen LogP contribution < -0.4 is 14.8 Å². The van der Waals surface area contributed by atoms with E-state index in [1.165, 1.54) is 0 Å². The molecule has 1 aromatic rings. The van der Waals surface area contributed by atoms with Crippen LogP contribution in [0.4, 0.5) is 0 Å². The zero-order valence-electron chi connectivity index (χ0n) is 14.2. The molecule has 0 aliphatic rings. The second kappa shape index (κ2) is 13.0. The van der Waals surface area contributed by atoms with Crippen molar-refractivity contribution in [2.24, 2.45) is 5.92 Å². The Hall–Kier alpha value is -2.54. The van der Waals surface area contributed by atoms with Gasteiger partial charge in [-0.3, -0.25) is 0 Å². The van der Waals surface area contributed by atoms with Crippen molar-refractivity contribution in [1.82, 2.24) is 5.32 Å². The molecule has 0 heterocycles. The van der Waals surface area contributed by atoms with E-state index in [-0.39, 0.29) is 0 Å². The smallest absolute Gasteiger partial charge is 0.328 e. The lowest BCUT2D eigenvalue weighted by atomic mass is 10.2. The van der Waals surface area contributed by atoms with Crippen LogP contribution in [0.3, 0.4) is 0 Å². The van der Waals surface area contributed by atoms with Crippen molar-refractivity contribution >= 4 is 11.9 Å². The molecule has 7 heteroatoms. The molecule has 24 heavy (non-hydrogen) atoms. The summed E-state index contributed by atoms with van der Waals surface area (Å²) in [6.45, 7) is 6.44. The minimum atomic E-state index is -1.26. The molecular formula is C17H25NO6. The van der Waals surface area contributed by atoms with Crippen LogP contribution in [0.25, 0.3) is 0 Å². The number of rotatable bonds is 9. The van der Waals surface area contributed by atoms with Gasteiger partial charge < -0.3 is 25.0 Å². The fourth-order valence-corrected chi connectivity index (χ4v) is 1.63. The third-order valence-corrected chi connectivity index (χ3v) is 2.59. The van der Waals surface area contributed by atoms with E-state index in [1.54, 1.807) is 0 Å². The minimum Gasteiger partial charge on any atom is -0.490 e. The number of ether oxygens (including phenoxy) is 2. The highest BCUT2D eigenvalue weighted by Crippen LogP contribution is 2.26. The highest BCUT2D eigenvalue weighted by atomic mass is 16.5. The van der Waals surface area contributed by atoms with E-state index in [0.717, 1.165) is 18.0 Å². The topological polar surface area (TPSA) is 105 Å². The fraction of sp³-hybridized carbons (Fsp3) is 0.412. The fourth-order valence-electron chi connectivity index (χ4n) is 1.63. The molecule has 0 bridgehead atoms. The summed E-state index contributed by atoms with van der Waals surface area (Å²) >= 11 is 0. The molecule has 0 aliphatic heterocycles. The molecule has 7 nitrogen and oxygen atoms in total. The van der Waals surface area contributed by atoms with Gasteiger partial charge in [-0.1, -0.05) is 19.1 Å². The maximum absolute atomic E-state index is 9.55. The van der Waals surface area contributed by atoms with Crippen molar-refractivity contribution in [3.8, 4) is 11.5 Å². The number of hydrogen-bond donors (Lipinski definition) is 3. The van der Waals surface area contributed by atoms with E-state index in [0.29, 0.717) is 31.3 Å². The van der Waals surface area contributed by atoms with Gasteiger partial charge in [-0.2, -0.15) is 0 Å². The third kappa shape index (κ3) is 11.1. The van der Waals surface area contributed by atoms with Gasteiger partial charge in [0.25, 0.3) is 0 Å². The van der Waals surface area contributed by atoms with Gasteiger partial charge in [0, 0.05) is 24.6 Å². The largest absolute Gasteiger partial charge is 0.490 e. The summed E-state index contributed by atoms with van der Waals surface area (Å²) in [6, 6.07) is 7.79. The summed E-state index contributed by atoms with van der Waals surface area (Å²) in [6.07, 6.45) is 1.12. The van der Waals surface area contributed by atoms with Crippen LogP contribution in [0.5, 0.6) is 11.5 Å². The maximum Gasteiger partial charge on any atom is 0.328 e. The van der Waals surface area contributed by atoms with Crippen molar-refractivity contribution in [3.63, 3.8) is 0 Å². The van der Waals surface area contributed by atoms with Crippen molar-refractivity contribution in [3.05, 3.63) is 36.4 Å². The second-order valence-corrected chi connectivity index (χ2v) is 4.86. The van der Waals surface area contributed by atoms with Crippen LogP contribution in [0.15, 0.2) is 36.4 Å². The molecule has 0 saturated heterocycles. The SMILES string of the molecule is CCOc1ccccc1OCC(C)CNC.O=C(O)/C=C/C(=O)O. The van der Waals surface area contributed by atoms with E-state index in [9.17, 15) is 9.59 Å². The van der Waals surface area contributed by atoms with Crippen LogP contribution >= 0.6 is 0 Å². The average Bonchev–Trinajstić information content (AvgIpc) is 2.53. The summed E-state index contributed by atoms with van der Waals surface area (Å²) in [5.41, 5.74) is 0. The molecule has 0 fully saturated rings. The molecule has 0 radical (unpaired) electrons. The van der Waals surface area contributed by atoms with Crippen molar-refractivity contribution in [2.45, 2.75) is 13.8 Å². The van der Waals surface area contributed by atoms with Gasteiger partial charge in [-0.15, -0.1) is 0 Å². The molecule has 0 aromatic heterocycles. The Balaban J connectivity index is 0.000000561. The first-order chi connectivity index (χ1) is 11.4. The Bertz CT molecular complexity index is 514. The summed E-state index contributed by atoms with van der Waals surface area (Å²) in [4.78, 5) is 19.1. The molecule has 1 unspecified atom stereocenters. The van der Waals surface area contributed by atoms with Crippen LogP contribution in [0.2, 0.25) is 0 Å². The number of carboxylic acids is 2. The number of carboxylic acid groups (broad SMARTS) is 2. The normalized spacial score (nSPS) is 11.3. The van der Waals surface area contributed by atoms with Gasteiger partial charge in [0.1, 0.15) is 0 Å². The summed E-state index contributed by atoms with van der Waals surface area (Å²) in [7, 11) is 1.95. The van der Waals surface area contributed by atoms with E-state index in [4.69, 9.17) is 19.7 Å². The predicted octanol–water partition coefficient (Wildman–Crippen LogP) is 2.03. The first-order valence-electron chi connectivity index (χ1n) is 7.53. The number of hydrogen-bond acceptors (Lipinski definition) is 5. The number of carbonyl (C=O) groups is 2. The lowest BCUT2D eigenvalue weighted by Crippen LogP contribution is -2.21. The van der Waals surface area contributed by atoms with Crippen LogP contribution in [0, 0.1) is 5.92 Å². The Labute approximate surface area is 141 Å². The van der Waals surface area contributed by atoms with Gasteiger partial charge >= 0.3 is 11.9 Å². The molecule has 1 atom stereocenters.